The second kappa shape index (κ2) is 16.9. The summed E-state index contributed by atoms with van der Waals surface area (Å²) in [5, 5.41) is 17.0. The van der Waals surface area contributed by atoms with Gasteiger partial charge >= 0.3 is 6.09 Å². The van der Waals surface area contributed by atoms with Crippen LogP contribution in [0.15, 0.2) is 53.9 Å². The molecule has 3 aromatic rings. The minimum atomic E-state index is -3.94. The largest absolute Gasteiger partial charge is 0.470 e. The number of carbonyl (C=O) groups excluding carboxylic acids is 4. The minimum absolute atomic E-state index is 0.0379. The number of aromatic nitrogens is 2. The summed E-state index contributed by atoms with van der Waals surface area (Å²) in [4.78, 5) is 69.0. The Bertz CT molecular complexity index is 2150. The molecular weight excluding hydrogens is 785 g/mol. The van der Waals surface area contributed by atoms with Crippen LogP contribution >= 0.6 is 11.3 Å². The number of rotatable bonds is 10. The third-order valence-electron chi connectivity index (χ3n) is 11.0. The summed E-state index contributed by atoms with van der Waals surface area (Å²) in [5.41, 5.74) is -0.690. The highest BCUT2D eigenvalue weighted by Gasteiger charge is 2.62. The summed E-state index contributed by atoms with van der Waals surface area (Å²) in [6.07, 6.45) is 6.69. The second-order valence-electron chi connectivity index (χ2n) is 16.6. The number of benzene rings is 1. The lowest BCUT2D eigenvalue weighted by Crippen LogP contribution is -2.60. The Balaban J connectivity index is 1.28. The molecule has 1 saturated heterocycles. The first-order valence-corrected chi connectivity index (χ1v) is 22.6. The van der Waals surface area contributed by atoms with E-state index in [4.69, 9.17) is 19.4 Å². The van der Waals surface area contributed by atoms with E-state index in [9.17, 15) is 27.9 Å². The van der Waals surface area contributed by atoms with Crippen LogP contribution in [-0.2, 0) is 29.1 Å². The van der Waals surface area contributed by atoms with Gasteiger partial charge in [0.15, 0.2) is 0 Å². The SMILES string of the molecule is CC(C)(C)OC(=O)NC1CCCCC/C=C\C2CC2(C(=O)NS(=O)(=O)C2CC2)NC(=O)C2C[C@@H](Oc3nc4ccccc4nc3-c3cccs3)[C@H](CCCO)N2C1=O. The number of hydrogen-bond donors (Lipinski definition) is 4. The number of nitrogens with one attached hydrogen (secondary N) is 3. The van der Waals surface area contributed by atoms with Gasteiger partial charge in [0.2, 0.25) is 27.7 Å². The Morgan fingerprint density at radius 1 is 1.05 bits per heavy atom. The van der Waals surface area contributed by atoms with Gasteiger partial charge in [-0.25, -0.2) is 23.2 Å². The molecule has 0 radical (unpaired) electrons. The third kappa shape index (κ3) is 9.31. The van der Waals surface area contributed by atoms with Gasteiger partial charge in [0.05, 0.1) is 27.2 Å². The molecule has 0 spiro atoms. The molecule has 4 unspecified atom stereocenters. The third-order valence-corrected chi connectivity index (χ3v) is 13.7. The topological polar surface area (TPSA) is 206 Å². The molecule has 2 saturated carbocycles. The predicted molar refractivity (Wildman–Crippen MR) is 217 cm³/mol. The highest BCUT2D eigenvalue weighted by molar-refractivity contribution is 7.91. The van der Waals surface area contributed by atoms with Crippen LogP contribution in [0.25, 0.3) is 21.6 Å². The highest BCUT2D eigenvalue weighted by Crippen LogP contribution is 2.46. The maximum atomic E-state index is 15.0. The van der Waals surface area contributed by atoms with Crippen LogP contribution in [0, 0.1) is 5.92 Å². The van der Waals surface area contributed by atoms with Crippen molar-refractivity contribution < 1.29 is 42.2 Å². The number of aliphatic hydroxyl groups excluding tert-OH is 1. The molecule has 2 aliphatic carbocycles. The average Bonchev–Trinajstić information content (AvgIpc) is 4.05. The predicted octanol–water partition coefficient (Wildman–Crippen LogP) is 4.74. The molecule has 4 aliphatic rings. The van der Waals surface area contributed by atoms with Gasteiger partial charge in [-0.3, -0.25) is 19.1 Å². The fraction of sp³-hybridized carbons (Fsp3) is 0.561. The van der Waals surface area contributed by atoms with Crippen molar-refractivity contribution in [1.82, 2.24) is 30.2 Å². The van der Waals surface area contributed by atoms with Crippen molar-refractivity contribution in [3.63, 3.8) is 0 Å². The molecule has 4 N–H and O–H groups in total. The number of alkyl carbamates (subject to hydrolysis) is 1. The zero-order valence-corrected chi connectivity index (χ0v) is 34.6. The number of aliphatic hydroxyl groups is 1. The second-order valence-corrected chi connectivity index (χ2v) is 19.6. The number of carbonyl (C=O) groups is 4. The van der Waals surface area contributed by atoms with Gasteiger partial charge < -0.3 is 30.1 Å². The van der Waals surface area contributed by atoms with Gasteiger partial charge in [0.1, 0.15) is 35.0 Å². The molecular formula is C41H52N6O9S2. The van der Waals surface area contributed by atoms with Crippen molar-refractivity contribution >= 4 is 56.2 Å². The first kappa shape index (κ1) is 41.5. The van der Waals surface area contributed by atoms with Gasteiger partial charge in [0, 0.05) is 18.9 Å². The minimum Gasteiger partial charge on any atom is -0.470 e. The maximum absolute atomic E-state index is 15.0. The Labute approximate surface area is 342 Å². The average molecular weight is 837 g/mol. The zero-order valence-electron chi connectivity index (χ0n) is 33.0. The zero-order chi connectivity index (χ0) is 41.2. The van der Waals surface area contributed by atoms with Crippen molar-refractivity contribution in [3.05, 3.63) is 53.9 Å². The van der Waals surface area contributed by atoms with Crippen LogP contribution in [0.5, 0.6) is 5.88 Å². The monoisotopic (exact) mass is 836 g/mol. The van der Waals surface area contributed by atoms with E-state index in [1.54, 1.807) is 20.8 Å². The number of amides is 4. The molecule has 0 bridgehead atoms. The van der Waals surface area contributed by atoms with Crippen LogP contribution < -0.4 is 20.1 Å². The van der Waals surface area contributed by atoms with Crippen molar-refractivity contribution in [2.24, 2.45) is 5.92 Å². The van der Waals surface area contributed by atoms with E-state index in [1.807, 2.05) is 53.9 Å². The summed E-state index contributed by atoms with van der Waals surface area (Å²) in [7, 11) is -3.94. The number of nitrogens with zero attached hydrogens (tertiary/aromatic N) is 3. The first-order chi connectivity index (χ1) is 27.7. The number of thiophene rings is 1. The molecule has 58 heavy (non-hydrogen) atoms. The number of hydrogen-bond acceptors (Lipinski definition) is 12. The van der Waals surface area contributed by atoms with E-state index < -0.39 is 80.4 Å². The first-order valence-electron chi connectivity index (χ1n) is 20.1. The number of fused-ring (bicyclic) bond motifs is 3. The summed E-state index contributed by atoms with van der Waals surface area (Å²) in [5.74, 6) is -2.30. The number of ether oxygens (including phenoxy) is 2. The number of sulfonamides is 1. The lowest BCUT2D eigenvalue weighted by molar-refractivity contribution is -0.143. The number of allylic oxidation sites excluding steroid dienone is 1. The summed E-state index contributed by atoms with van der Waals surface area (Å²) in [6, 6.07) is 8.05. The van der Waals surface area contributed by atoms with Crippen LogP contribution in [0.4, 0.5) is 4.79 Å². The summed E-state index contributed by atoms with van der Waals surface area (Å²) < 4.78 is 40.5. The highest BCUT2D eigenvalue weighted by atomic mass is 32.2. The van der Waals surface area contributed by atoms with Crippen LogP contribution in [0.3, 0.4) is 0 Å². The van der Waals surface area contributed by atoms with Gasteiger partial charge in [0.25, 0.3) is 5.91 Å². The Kier molecular flexibility index (Phi) is 12.1. The standard InChI is InChI=1S/C41H52N6O9S2/c1-40(2,3)56-39(52)44-29-16-8-6-4-5-7-13-25-24-41(25,38(51)46-58(53,54)26-19-20-26)45-35(49)31-23-32(30(17-11-21-48)47(31)37(29)50)55-36-34(33-18-12-22-57-33)42-27-14-9-10-15-28(27)43-36/h7,9-10,12-15,18,22,25-26,29-32,48H,4-6,8,11,16-17,19-21,23-24H2,1-3H3,(H,44,52)(H,45,49)(H,46,51)/b13-7-/t25?,29?,30-,31?,32+,41?/m0/s1. The Morgan fingerprint density at radius 3 is 2.50 bits per heavy atom. The fourth-order valence-electron chi connectivity index (χ4n) is 7.89. The normalized spacial score (nSPS) is 27.3. The van der Waals surface area contributed by atoms with Gasteiger partial charge in [-0.05, 0) is 95.7 Å². The molecule has 7 rings (SSSR count). The van der Waals surface area contributed by atoms with E-state index in [1.165, 1.54) is 16.2 Å². The van der Waals surface area contributed by atoms with Gasteiger partial charge in [-0.1, -0.05) is 43.2 Å². The van der Waals surface area contributed by atoms with Crippen LogP contribution in [0.1, 0.15) is 91.4 Å². The van der Waals surface area contributed by atoms with E-state index >= 15 is 4.79 Å². The van der Waals surface area contributed by atoms with E-state index in [0.29, 0.717) is 42.4 Å². The molecule has 4 heterocycles. The summed E-state index contributed by atoms with van der Waals surface area (Å²) >= 11 is 1.45. The van der Waals surface area contributed by atoms with Crippen molar-refractivity contribution in [1.29, 1.82) is 0 Å². The van der Waals surface area contributed by atoms with E-state index in [-0.39, 0.29) is 44.6 Å². The van der Waals surface area contributed by atoms with Crippen molar-refractivity contribution in [2.45, 2.75) is 132 Å². The maximum Gasteiger partial charge on any atom is 0.408 e. The molecule has 17 heteroatoms. The van der Waals surface area contributed by atoms with E-state index in [0.717, 1.165) is 17.7 Å². The molecule has 15 nitrogen and oxygen atoms in total. The van der Waals surface area contributed by atoms with Gasteiger partial charge in [-0.15, -0.1) is 11.3 Å². The molecule has 2 aromatic heterocycles. The fourth-order valence-corrected chi connectivity index (χ4v) is 9.96. The molecule has 3 fully saturated rings. The smallest absolute Gasteiger partial charge is 0.408 e. The molecule has 1 aromatic carbocycles. The van der Waals surface area contributed by atoms with Gasteiger partial charge in [-0.2, -0.15) is 0 Å². The quantitative estimate of drug-likeness (QED) is 0.205. The number of para-hydroxylation sites is 2. The molecule has 6 atom stereocenters. The lowest BCUT2D eigenvalue weighted by atomic mass is 10.0. The summed E-state index contributed by atoms with van der Waals surface area (Å²) in [6.45, 7) is 4.96. The Hall–Kier alpha value is -4.61. The molecule has 2 aliphatic heterocycles. The Morgan fingerprint density at radius 2 is 1.81 bits per heavy atom. The van der Waals surface area contributed by atoms with Crippen LogP contribution in [-0.4, -0.2) is 99.4 Å². The van der Waals surface area contributed by atoms with Crippen molar-refractivity contribution in [3.8, 4) is 16.5 Å². The van der Waals surface area contributed by atoms with Crippen LogP contribution in [0.2, 0.25) is 0 Å². The van der Waals surface area contributed by atoms with E-state index in [2.05, 4.69) is 15.4 Å². The molecule has 4 amide bonds. The van der Waals surface area contributed by atoms with Crippen molar-refractivity contribution in [2.75, 3.05) is 6.61 Å². The lowest BCUT2D eigenvalue weighted by Gasteiger charge is -2.35. The molecule has 312 valence electrons.